The van der Waals surface area contributed by atoms with E-state index < -0.39 is 0 Å². The second-order valence-electron chi connectivity index (χ2n) is 6.93. The SMILES string of the molecule is CCCN(CCC)C(=O)c1cc(-c2ccc(OC)cc2OC)nc2ccccc12. The first-order chi connectivity index (χ1) is 14.1. The van der Waals surface area contributed by atoms with Crippen LogP contribution >= 0.6 is 0 Å². The van der Waals surface area contributed by atoms with Crippen molar-refractivity contribution < 1.29 is 14.3 Å². The Morgan fingerprint density at radius 2 is 1.69 bits per heavy atom. The molecule has 0 aliphatic rings. The molecule has 0 N–H and O–H groups in total. The number of methoxy groups -OCH3 is 2. The maximum Gasteiger partial charge on any atom is 0.254 e. The fraction of sp³-hybridized carbons (Fsp3) is 0.333. The molecule has 0 radical (unpaired) electrons. The lowest BCUT2D eigenvalue weighted by atomic mass is 10.0. The number of pyridine rings is 1. The Morgan fingerprint density at radius 1 is 0.966 bits per heavy atom. The van der Waals surface area contributed by atoms with Crippen molar-refractivity contribution in [1.29, 1.82) is 0 Å². The number of hydrogen-bond acceptors (Lipinski definition) is 4. The lowest BCUT2D eigenvalue weighted by Gasteiger charge is -2.22. The molecule has 152 valence electrons. The molecule has 3 aromatic rings. The molecule has 5 heteroatoms. The number of nitrogens with zero attached hydrogens (tertiary/aromatic N) is 2. The lowest BCUT2D eigenvalue weighted by Crippen LogP contribution is -2.32. The van der Waals surface area contributed by atoms with Gasteiger partial charge >= 0.3 is 0 Å². The standard InChI is InChI=1S/C24H28N2O3/c1-5-13-26(14-6-2)24(27)20-16-22(25-21-10-8-7-9-18(20)21)19-12-11-17(28-3)15-23(19)29-4/h7-12,15-16H,5-6,13-14H2,1-4H3. The van der Waals surface area contributed by atoms with Crippen LogP contribution in [0.2, 0.25) is 0 Å². The maximum absolute atomic E-state index is 13.4. The second kappa shape index (κ2) is 9.41. The molecule has 3 rings (SSSR count). The Morgan fingerprint density at radius 3 is 2.34 bits per heavy atom. The fourth-order valence-corrected chi connectivity index (χ4v) is 3.53. The summed E-state index contributed by atoms with van der Waals surface area (Å²) in [5.74, 6) is 1.41. The van der Waals surface area contributed by atoms with Gasteiger partial charge in [0.1, 0.15) is 11.5 Å². The van der Waals surface area contributed by atoms with Gasteiger partial charge in [-0.25, -0.2) is 4.98 Å². The van der Waals surface area contributed by atoms with E-state index in [1.807, 2.05) is 53.4 Å². The average molecular weight is 392 g/mol. The number of amides is 1. The first kappa shape index (κ1) is 20.6. The lowest BCUT2D eigenvalue weighted by molar-refractivity contribution is 0.0757. The van der Waals surface area contributed by atoms with Gasteiger partial charge in [0.15, 0.2) is 0 Å². The molecule has 1 amide bonds. The highest BCUT2D eigenvalue weighted by molar-refractivity contribution is 6.07. The van der Waals surface area contributed by atoms with E-state index in [-0.39, 0.29) is 5.91 Å². The van der Waals surface area contributed by atoms with Crippen molar-refractivity contribution in [3.63, 3.8) is 0 Å². The van der Waals surface area contributed by atoms with Crippen LogP contribution in [-0.4, -0.2) is 43.1 Å². The minimum Gasteiger partial charge on any atom is -0.497 e. The quantitative estimate of drug-likeness (QED) is 0.530. The van der Waals surface area contributed by atoms with Crippen molar-refractivity contribution >= 4 is 16.8 Å². The first-order valence-corrected chi connectivity index (χ1v) is 10.0. The predicted molar refractivity (Wildman–Crippen MR) is 117 cm³/mol. The van der Waals surface area contributed by atoms with Crippen molar-refractivity contribution in [2.24, 2.45) is 0 Å². The van der Waals surface area contributed by atoms with Crippen molar-refractivity contribution in [3.05, 3.63) is 54.1 Å². The Bertz CT molecular complexity index is 995. The van der Waals surface area contributed by atoms with Gasteiger partial charge in [0.05, 0.1) is 31.0 Å². The van der Waals surface area contributed by atoms with Crippen LogP contribution in [0.15, 0.2) is 48.5 Å². The van der Waals surface area contributed by atoms with E-state index in [0.29, 0.717) is 22.8 Å². The van der Waals surface area contributed by atoms with Crippen molar-refractivity contribution in [1.82, 2.24) is 9.88 Å². The third-order valence-corrected chi connectivity index (χ3v) is 4.91. The third kappa shape index (κ3) is 4.34. The minimum absolute atomic E-state index is 0.0426. The minimum atomic E-state index is 0.0426. The van der Waals surface area contributed by atoms with E-state index in [1.54, 1.807) is 14.2 Å². The molecule has 0 saturated carbocycles. The highest BCUT2D eigenvalue weighted by Crippen LogP contribution is 2.34. The van der Waals surface area contributed by atoms with Gasteiger partial charge in [0.25, 0.3) is 5.91 Å². The molecule has 0 saturated heterocycles. The van der Waals surface area contributed by atoms with Crippen LogP contribution in [-0.2, 0) is 0 Å². The summed E-state index contributed by atoms with van der Waals surface area (Å²) in [5.41, 5.74) is 3.00. The van der Waals surface area contributed by atoms with Crippen LogP contribution in [0, 0.1) is 0 Å². The number of rotatable bonds is 8. The number of hydrogen-bond donors (Lipinski definition) is 0. The fourth-order valence-electron chi connectivity index (χ4n) is 3.53. The summed E-state index contributed by atoms with van der Waals surface area (Å²) in [4.78, 5) is 20.2. The van der Waals surface area contributed by atoms with E-state index in [9.17, 15) is 4.79 Å². The Balaban J connectivity index is 2.18. The zero-order valence-electron chi connectivity index (χ0n) is 17.6. The molecule has 0 aliphatic carbocycles. The van der Waals surface area contributed by atoms with E-state index in [4.69, 9.17) is 14.5 Å². The molecule has 0 aliphatic heterocycles. The first-order valence-electron chi connectivity index (χ1n) is 10.0. The summed E-state index contributed by atoms with van der Waals surface area (Å²) in [6, 6.07) is 15.3. The maximum atomic E-state index is 13.4. The molecule has 0 atom stereocenters. The molecule has 1 aromatic heterocycles. The van der Waals surface area contributed by atoms with Crippen LogP contribution in [0.5, 0.6) is 11.5 Å². The number of ether oxygens (including phenoxy) is 2. The number of fused-ring (bicyclic) bond motifs is 1. The third-order valence-electron chi connectivity index (χ3n) is 4.91. The molecule has 0 fully saturated rings. The number of carbonyl (C=O) groups excluding carboxylic acids is 1. The van der Waals surface area contributed by atoms with Gasteiger partial charge in [0, 0.05) is 30.1 Å². The summed E-state index contributed by atoms with van der Waals surface area (Å²) in [5, 5.41) is 0.867. The molecule has 0 unspecified atom stereocenters. The van der Waals surface area contributed by atoms with E-state index >= 15 is 0 Å². The highest BCUT2D eigenvalue weighted by atomic mass is 16.5. The van der Waals surface area contributed by atoms with Crippen molar-refractivity contribution in [2.75, 3.05) is 27.3 Å². The summed E-state index contributed by atoms with van der Waals surface area (Å²) in [6.07, 6.45) is 1.85. The van der Waals surface area contributed by atoms with Crippen LogP contribution < -0.4 is 9.47 Å². The van der Waals surface area contributed by atoms with Crippen LogP contribution in [0.3, 0.4) is 0 Å². The smallest absolute Gasteiger partial charge is 0.254 e. The Kier molecular flexibility index (Phi) is 6.70. The van der Waals surface area contributed by atoms with Crippen LogP contribution in [0.4, 0.5) is 0 Å². The molecule has 1 heterocycles. The van der Waals surface area contributed by atoms with E-state index in [1.165, 1.54) is 0 Å². The summed E-state index contributed by atoms with van der Waals surface area (Å²) in [7, 11) is 3.24. The Hall–Kier alpha value is -3.08. The Labute approximate surface area is 172 Å². The number of benzene rings is 2. The van der Waals surface area contributed by atoms with Gasteiger partial charge in [-0.15, -0.1) is 0 Å². The van der Waals surface area contributed by atoms with Crippen molar-refractivity contribution in [3.8, 4) is 22.8 Å². The van der Waals surface area contributed by atoms with Crippen LogP contribution in [0.1, 0.15) is 37.0 Å². The molecule has 0 spiro atoms. The normalized spacial score (nSPS) is 10.8. The molecule has 5 nitrogen and oxygen atoms in total. The zero-order chi connectivity index (χ0) is 20.8. The molecular weight excluding hydrogens is 364 g/mol. The van der Waals surface area contributed by atoms with Gasteiger partial charge in [-0.05, 0) is 37.1 Å². The number of carbonyl (C=O) groups is 1. The summed E-state index contributed by atoms with van der Waals surface area (Å²) in [6.45, 7) is 5.66. The van der Waals surface area contributed by atoms with E-state index in [2.05, 4.69) is 13.8 Å². The van der Waals surface area contributed by atoms with Gasteiger partial charge < -0.3 is 14.4 Å². The second-order valence-corrected chi connectivity index (χ2v) is 6.93. The van der Waals surface area contributed by atoms with Gasteiger partial charge in [-0.3, -0.25) is 4.79 Å². The molecular formula is C24H28N2O3. The molecule has 2 aromatic carbocycles. The zero-order valence-corrected chi connectivity index (χ0v) is 17.6. The van der Waals surface area contributed by atoms with Gasteiger partial charge in [-0.2, -0.15) is 0 Å². The number of para-hydroxylation sites is 1. The van der Waals surface area contributed by atoms with Crippen molar-refractivity contribution in [2.45, 2.75) is 26.7 Å². The topological polar surface area (TPSA) is 51.7 Å². The largest absolute Gasteiger partial charge is 0.497 e. The van der Waals surface area contributed by atoms with E-state index in [0.717, 1.165) is 42.4 Å². The van der Waals surface area contributed by atoms with Gasteiger partial charge in [0.2, 0.25) is 0 Å². The molecule has 29 heavy (non-hydrogen) atoms. The van der Waals surface area contributed by atoms with Crippen LogP contribution in [0.25, 0.3) is 22.2 Å². The number of aromatic nitrogens is 1. The summed E-state index contributed by atoms with van der Waals surface area (Å²) < 4.78 is 10.9. The van der Waals surface area contributed by atoms with Gasteiger partial charge in [-0.1, -0.05) is 32.0 Å². The summed E-state index contributed by atoms with van der Waals surface area (Å²) >= 11 is 0. The highest BCUT2D eigenvalue weighted by Gasteiger charge is 2.20. The predicted octanol–water partition coefficient (Wildman–Crippen LogP) is 5.18. The monoisotopic (exact) mass is 392 g/mol. The molecule has 0 bridgehead atoms. The average Bonchev–Trinajstić information content (AvgIpc) is 2.77.